The lowest BCUT2D eigenvalue weighted by molar-refractivity contribution is -0.385. The average Bonchev–Trinajstić information content (AvgIpc) is 3.39. The van der Waals surface area contributed by atoms with E-state index >= 15 is 0 Å². The first-order valence-corrected chi connectivity index (χ1v) is 13.6. The van der Waals surface area contributed by atoms with Gasteiger partial charge in [-0.25, -0.2) is 9.59 Å². The van der Waals surface area contributed by atoms with E-state index in [1.165, 1.54) is 58.3 Å². The van der Waals surface area contributed by atoms with E-state index in [2.05, 4.69) is 12.6 Å². The highest BCUT2D eigenvalue weighted by Gasteiger charge is 2.44. The van der Waals surface area contributed by atoms with Crippen molar-refractivity contribution in [3.8, 4) is 0 Å². The Morgan fingerprint density at radius 2 is 1.28 bits per heavy atom. The van der Waals surface area contributed by atoms with Crippen LogP contribution in [0, 0.1) is 20.2 Å². The molecule has 2 aromatic carbocycles. The van der Waals surface area contributed by atoms with Crippen LogP contribution in [0.3, 0.4) is 0 Å². The smallest absolute Gasteiger partial charge is 0.410 e. The Kier molecular flexibility index (Phi) is 9.64. The molecule has 2 N–H and O–H groups in total. The molecule has 43 heavy (non-hydrogen) atoms. The van der Waals surface area contributed by atoms with Gasteiger partial charge >= 0.3 is 12.2 Å². The summed E-state index contributed by atoms with van der Waals surface area (Å²) in [4.78, 5) is 75.7. The minimum atomic E-state index is -1.20. The number of nitro groups is 2. The van der Waals surface area contributed by atoms with E-state index in [1.807, 2.05) is 0 Å². The van der Waals surface area contributed by atoms with Crippen LogP contribution in [0.2, 0.25) is 0 Å². The van der Waals surface area contributed by atoms with Gasteiger partial charge in [-0.1, -0.05) is 0 Å². The van der Waals surface area contributed by atoms with Crippen molar-refractivity contribution in [2.45, 2.75) is 37.0 Å². The number of carbonyl (C=O) groups excluding carboxylic acids is 4. The normalized spacial score (nSPS) is 19.9. The van der Waals surface area contributed by atoms with Crippen molar-refractivity contribution in [2.75, 3.05) is 26.2 Å². The first kappa shape index (κ1) is 31.0. The summed E-state index contributed by atoms with van der Waals surface area (Å²) in [5.74, 6) is -1.32. The monoisotopic (exact) mass is 616 g/mol. The minimum Gasteiger partial charge on any atom is -0.445 e. The number of primary amides is 1. The van der Waals surface area contributed by atoms with E-state index in [4.69, 9.17) is 15.2 Å². The standard InChI is InChI=1S/C26H28N6O10S/c27-23(33)22-13-28(9-10-29(22)25(35)41-14-16-1-5-18(6-2-16)31(37)38)24(34)21-11-20(43)12-30(21)26(36)42-15-17-3-7-19(8-4-17)32(39)40/h1-8,20-22,43H,9-15H2,(H2,27,33)/t20-,21-,22?/m0/s1. The van der Waals surface area contributed by atoms with Gasteiger partial charge in [0.15, 0.2) is 0 Å². The maximum absolute atomic E-state index is 13.5. The van der Waals surface area contributed by atoms with Crippen LogP contribution in [0.5, 0.6) is 0 Å². The summed E-state index contributed by atoms with van der Waals surface area (Å²) in [5, 5.41) is 21.3. The van der Waals surface area contributed by atoms with Crippen LogP contribution in [0.4, 0.5) is 21.0 Å². The Morgan fingerprint density at radius 3 is 1.74 bits per heavy atom. The Balaban J connectivity index is 1.35. The van der Waals surface area contributed by atoms with Crippen molar-refractivity contribution in [3.05, 3.63) is 79.9 Å². The number of piperazine rings is 1. The van der Waals surface area contributed by atoms with Crippen molar-refractivity contribution < 1.29 is 38.5 Å². The molecule has 2 aliphatic heterocycles. The van der Waals surface area contributed by atoms with Crippen molar-refractivity contribution in [1.82, 2.24) is 14.7 Å². The fourth-order valence-electron chi connectivity index (χ4n) is 4.79. The molecule has 16 nitrogen and oxygen atoms in total. The number of likely N-dealkylation sites (tertiary alicyclic amines) is 1. The number of nitro benzene ring substituents is 2. The number of nitrogens with zero attached hydrogens (tertiary/aromatic N) is 5. The quantitative estimate of drug-likeness (QED) is 0.250. The lowest BCUT2D eigenvalue weighted by Crippen LogP contribution is -2.62. The van der Waals surface area contributed by atoms with Crippen LogP contribution in [0.15, 0.2) is 48.5 Å². The zero-order valence-electron chi connectivity index (χ0n) is 22.6. The van der Waals surface area contributed by atoms with Crippen LogP contribution in [-0.2, 0) is 32.3 Å². The van der Waals surface area contributed by atoms with Gasteiger partial charge in [0.25, 0.3) is 11.4 Å². The minimum absolute atomic E-state index is 0.0364. The highest BCUT2D eigenvalue weighted by atomic mass is 32.1. The molecule has 3 atom stereocenters. The van der Waals surface area contributed by atoms with E-state index < -0.39 is 45.9 Å². The number of nitrogens with two attached hydrogens (primary N) is 1. The second-order valence-corrected chi connectivity index (χ2v) is 10.6. The number of hydrogen-bond acceptors (Lipinski definition) is 11. The molecule has 228 valence electrons. The Morgan fingerprint density at radius 1 is 0.791 bits per heavy atom. The third-order valence-corrected chi connectivity index (χ3v) is 7.45. The van der Waals surface area contributed by atoms with Crippen LogP contribution >= 0.6 is 12.6 Å². The Hall–Kier alpha value is -4.93. The predicted octanol–water partition coefficient (Wildman–Crippen LogP) is 1.85. The molecule has 0 aromatic heterocycles. The summed E-state index contributed by atoms with van der Waals surface area (Å²) in [5.41, 5.74) is 6.34. The van der Waals surface area contributed by atoms with E-state index in [9.17, 15) is 39.4 Å². The number of amides is 4. The molecular formula is C26H28N6O10S. The summed E-state index contributed by atoms with van der Waals surface area (Å²) in [7, 11) is 0. The van der Waals surface area contributed by atoms with Crippen molar-refractivity contribution in [3.63, 3.8) is 0 Å². The first-order chi connectivity index (χ1) is 20.4. The van der Waals surface area contributed by atoms with Gasteiger partial charge < -0.3 is 20.1 Å². The summed E-state index contributed by atoms with van der Waals surface area (Å²) < 4.78 is 10.6. The fourth-order valence-corrected chi connectivity index (χ4v) is 5.16. The molecule has 1 unspecified atom stereocenters. The van der Waals surface area contributed by atoms with Gasteiger partial charge in [-0.15, -0.1) is 0 Å². The van der Waals surface area contributed by atoms with Gasteiger partial charge in [0.1, 0.15) is 25.3 Å². The highest BCUT2D eigenvalue weighted by molar-refractivity contribution is 7.81. The van der Waals surface area contributed by atoms with Crippen molar-refractivity contribution in [2.24, 2.45) is 5.73 Å². The second-order valence-electron chi connectivity index (χ2n) is 9.91. The number of thiol groups is 1. The molecule has 2 fully saturated rings. The van der Waals surface area contributed by atoms with E-state index in [0.29, 0.717) is 11.1 Å². The zero-order valence-corrected chi connectivity index (χ0v) is 23.5. The number of non-ortho nitro benzene ring substituents is 2. The zero-order chi connectivity index (χ0) is 31.3. The molecule has 2 aromatic rings. The summed E-state index contributed by atoms with van der Waals surface area (Å²) in [6.07, 6.45) is -1.39. The molecule has 0 saturated carbocycles. The van der Waals surface area contributed by atoms with Crippen LogP contribution in [0.1, 0.15) is 17.5 Å². The largest absolute Gasteiger partial charge is 0.445 e. The lowest BCUT2D eigenvalue weighted by Gasteiger charge is -2.40. The van der Waals surface area contributed by atoms with Gasteiger partial charge in [-0.05, 0) is 41.8 Å². The van der Waals surface area contributed by atoms with Crippen molar-refractivity contribution in [1.29, 1.82) is 0 Å². The Labute approximate surface area is 250 Å². The topological polar surface area (TPSA) is 209 Å². The summed E-state index contributed by atoms with van der Waals surface area (Å²) in [6.45, 7) is -0.499. The second kappa shape index (κ2) is 13.4. The lowest BCUT2D eigenvalue weighted by atomic mass is 10.1. The first-order valence-electron chi connectivity index (χ1n) is 13.0. The molecule has 2 aliphatic rings. The molecule has 0 radical (unpaired) electrons. The summed E-state index contributed by atoms with van der Waals surface area (Å²) >= 11 is 4.43. The van der Waals surface area contributed by atoms with Crippen LogP contribution in [0.25, 0.3) is 0 Å². The fraction of sp³-hybridized carbons (Fsp3) is 0.385. The van der Waals surface area contributed by atoms with E-state index in [-0.39, 0.29) is 62.4 Å². The average molecular weight is 617 g/mol. The molecule has 17 heteroatoms. The molecule has 2 heterocycles. The number of benzene rings is 2. The van der Waals surface area contributed by atoms with Crippen LogP contribution in [-0.4, -0.2) is 92.1 Å². The van der Waals surface area contributed by atoms with Gasteiger partial charge in [-0.3, -0.25) is 39.6 Å². The molecule has 4 amide bonds. The van der Waals surface area contributed by atoms with Gasteiger partial charge in [0.05, 0.1) is 16.4 Å². The molecular weight excluding hydrogens is 588 g/mol. The number of hydrogen-bond donors (Lipinski definition) is 2. The maximum atomic E-state index is 13.5. The number of carbonyl (C=O) groups is 4. The Bertz CT molecular complexity index is 1410. The predicted molar refractivity (Wildman–Crippen MR) is 151 cm³/mol. The number of rotatable bonds is 8. The molecule has 0 bridgehead atoms. The van der Waals surface area contributed by atoms with Crippen LogP contribution < -0.4 is 5.73 Å². The number of ether oxygens (including phenoxy) is 2. The van der Waals surface area contributed by atoms with Gasteiger partial charge in [-0.2, -0.15) is 12.6 Å². The molecule has 4 rings (SSSR count). The summed E-state index contributed by atoms with van der Waals surface area (Å²) in [6, 6.07) is 8.78. The van der Waals surface area contributed by atoms with Gasteiger partial charge in [0.2, 0.25) is 11.8 Å². The molecule has 0 aliphatic carbocycles. The van der Waals surface area contributed by atoms with Gasteiger partial charge in [0, 0.05) is 49.1 Å². The maximum Gasteiger partial charge on any atom is 0.410 e. The van der Waals surface area contributed by atoms with E-state index in [1.54, 1.807) is 0 Å². The third-order valence-electron chi connectivity index (χ3n) is 7.07. The van der Waals surface area contributed by atoms with E-state index in [0.717, 1.165) is 4.90 Å². The molecule has 2 saturated heterocycles. The third kappa shape index (κ3) is 7.48. The SMILES string of the molecule is NC(=O)C1CN(C(=O)[C@@H]2C[C@H](S)CN2C(=O)OCc2ccc([N+](=O)[O-])cc2)CCN1C(=O)OCc1ccc([N+](=O)[O-])cc1. The van der Waals surface area contributed by atoms with Crippen molar-refractivity contribution >= 4 is 48.0 Å². The molecule has 0 spiro atoms. The highest BCUT2D eigenvalue weighted by Crippen LogP contribution is 2.26.